The molecule has 1 saturated heterocycles. The highest BCUT2D eigenvalue weighted by atomic mass is 16.2. The summed E-state index contributed by atoms with van der Waals surface area (Å²) in [5.41, 5.74) is 2.88. The van der Waals surface area contributed by atoms with E-state index in [1.165, 1.54) is 23.5 Å². The van der Waals surface area contributed by atoms with E-state index in [4.69, 9.17) is 0 Å². The molecule has 0 aliphatic carbocycles. The van der Waals surface area contributed by atoms with Crippen LogP contribution in [0.15, 0.2) is 77.7 Å². The zero-order valence-corrected chi connectivity index (χ0v) is 16.9. The zero-order valence-electron chi connectivity index (χ0n) is 16.9. The number of nitrogens with one attached hydrogen (secondary N) is 2. The van der Waals surface area contributed by atoms with Gasteiger partial charge in [0.2, 0.25) is 0 Å². The van der Waals surface area contributed by atoms with E-state index in [9.17, 15) is 9.59 Å². The Morgan fingerprint density at radius 3 is 2.50 bits per heavy atom. The number of aromatic nitrogens is 1. The van der Waals surface area contributed by atoms with Gasteiger partial charge in [0.15, 0.2) is 0 Å². The van der Waals surface area contributed by atoms with Crippen LogP contribution in [0, 0.1) is 0 Å². The number of hydrogen-bond acceptors (Lipinski definition) is 4. The van der Waals surface area contributed by atoms with Crippen LogP contribution in [0.25, 0.3) is 0 Å². The first-order valence-corrected chi connectivity index (χ1v) is 10.3. The maximum Gasteiger partial charge on any atom is 0.261 e. The number of carbonyl (C=O) groups is 1. The predicted octanol–water partition coefficient (Wildman–Crippen LogP) is 2.99. The Balaban J connectivity index is 1.29. The highest BCUT2D eigenvalue weighted by Crippen LogP contribution is 2.17. The highest BCUT2D eigenvalue weighted by molar-refractivity contribution is 6.03. The van der Waals surface area contributed by atoms with E-state index in [-0.39, 0.29) is 11.1 Å². The molecule has 4 rings (SSSR count). The summed E-state index contributed by atoms with van der Waals surface area (Å²) < 4.78 is 0. The van der Waals surface area contributed by atoms with E-state index < -0.39 is 5.91 Å². The second-order valence-electron chi connectivity index (χ2n) is 7.48. The van der Waals surface area contributed by atoms with Gasteiger partial charge in [-0.15, -0.1) is 0 Å². The molecule has 2 N–H and O–H groups in total. The minimum absolute atomic E-state index is 0.110. The van der Waals surface area contributed by atoms with Crippen molar-refractivity contribution >= 4 is 17.3 Å². The number of aromatic amines is 1. The molecule has 6 nitrogen and oxygen atoms in total. The molecular formula is C24H26N4O2. The van der Waals surface area contributed by atoms with Crippen LogP contribution >= 0.6 is 0 Å². The second-order valence-corrected chi connectivity index (χ2v) is 7.48. The monoisotopic (exact) mass is 402 g/mol. The third-order valence-electron chi connectivity index (χ3n) is 5.46. The number of benzene rings is 2. The smallest absolute Gasteiger partial charge is 0.261 e. The van der Waals surface area contributed by atoms with Crippen LogP contribution < -0.4 is 15.8 Å². The van der Waals surface area contributed by atoms with Crippen LogP contribution in [-0.2, 0) is 6.42 Å². The van der Waals surface area contributed by atoms with E-state index in [0.29, 0.717) is 5.69 Å². The van der Waals surface area contributed by atoms with E-state index >= 15 is 0 Å². The SMILES string of the molecule is O=C(Nc1cccc(CCN2CCN(c3ccccc3)CC2)c1)c1ccc[nH]c1=O. The molecule has 30 heavy (non-hydrogen) atoms. The van der Waals surface area contributed by atoms with E-state index in [1.54, 1.807) is 6.07 Å². The molecule has 0 atom stereocenters. The van der Waals surface area contributed by atoms with Gasteiger partial charge in [-0.05, 0) is 48.4 Å². The van der Waals surface area contributed by atoms with Crippen molar-refractivity contribution in [3.05, 3.63) is 94.4 Å². The zero-order chi connectivity index (χ0) is 20.8. The molecule has 1 aliphatic rings. The largest absolute Gasteiger partial charge is 0.369 e. The first-order chi connectivity index (χ1) is 14.7. The normalized spacial score (nSPS) is 14.5. The number of amides is 1. The fourth-order valence-electron chi connectivity index (χ4n) is 3.76. The third-order valence-corrected chi connectivity index (χ3v) is 5.46. The fourth-order valence-corrected chi connectivity index (χ4v) is 3.76. The molecule has 3 aromatic rings. The Morgan fingerprint density at radius 1 is 0.933 bits per heavy atom. The standard InChI is InChI=1S/C24H26N4O2/c29-23-22(10-5-12-25-23)24(30)26-20-7-4-6-19(18-20)11-13-27-14-16-28(17-15-27)21-8-2-1-3-9-21/h1-10,12,18H,11,13-17H2,(H,25,29)(H,26,30). The van der Waals surface area contributed by atoms with Crippen LogP contribution in [-0.4, -0.2) is 48.5 Å². The number of rotatable bonds is 6. The maximum absolute atomic E-state index is 12.4. The number of carbonyl (C=O) groups excluding carboxylic acids is 1. The van der Waals surface area contributed by atoms with Gasteiger partial charge >= 0.3 is 0 Å². The summed E-state index contributed by atoms with van der Waals surface area (Å²) in [7, 11) is 0. The molecule has 0 unspecified atom stereocenters. The first kappa shape index (κ1) is 19.9. The summed E-state index contributed by atoms with van der Waals surface area (Å²) in [5.74, 6) is -0.397. The summed E-state index contributed by atoms with van der Waals surface area (Å²) in [6.07, 6.45) is 2.43. The lowest BCUT2D eigenvalue weighted by atomic mass is 10.1. The summed E-state index contributed by atoms with van der Waals surface area (Å²) in [6.45, 7) is 5.14. The Morgan fingerprint density at radius 2 is 1.73 bits per heavy atom. The Labute approximate surface area is 176 Å². The van der Waals surface area contributed by atoms with Crippen molar-refractivity contribution in [1.29, 1.82) is 0 Å². The van der Waals surface area contributed by atoms with Crippen molar-refractivity contribution in [3.8, 4) is 0 Å². The van der Waals surface area contributed by atoms with Gasteiger partial charge in [0.05, 0.1) is 0 Å². The van der Waals surface area contributed by atoms with Crippen molar-refractivity contribution in [2.45, 2.75) is 6.42 Å². The lowest BCUT2D eigenvalue weighted by molar-refractivity contribution is 0.102. The molecule has 1 aliphatic heterocycles. The van der Waals surface area contributed by atoms with Crippen molar-refractivity contribution in [1.82, 2.24) is 9.88 Å². The average molecular weight is 402 g/mol. The summed E-state index contributed by atoms with van der Waals surface area (Å²) >= 11 is 0. The highest BCUT2D eigenvalue weighted by Gasteiger charge is 2.17. The molecule has 0 saturated carbocycles. The number of anilines is 2. The quantitative estimate of drug-likeness (QED) is 0.665. The molecule has 1 amide bonds. The number of nitrogens with zero attached hydrogens (tertiary/aromatic N) is 2. The predicted molar refractivity (Wildman–Crippen MR) is 120 cm³/mol. The molecule has 0 bridgehead atoms. The number of hydrogen-bond donors (Lipinski definition) is 2. The number of para-hydroxylation sites is 1. The molecule has 6 heteroatoms. The Kier molecular flexibility index (Phi) is 6.25. The maximum atomic E-state index is 12.4. The summed E-state index contributed by atoms with van der Waals surface area (Å²) in [5, 5.41) is 2.82. The second kappa shape index (κ2) is 9.41. The van der Waals surface area contributed by atoms with Gasteiger partial charge in [-0.2, -0.15) is 0 Å². The van der Waals surface area contributed by atoms with Gasteiger partial charge in [0.25, 0.3) is 11.5 Å². The van der Waals surface area contributed by atoms with Crippen LogP contribution in [0.1, 0.15) is 15.9 Å². The van der Waals surface area contributed by atoms with Crippen molar-refractivity contribution in [2.75, 3.05) is 42.9 Å². The Bertz CT molecular complexity index is 1040. The third kappa shape index (κ3) is 4.96. The number of H-pyrrole nitrogens is 1. The van der Waals surface area contributed by atoms with Gasteiger partial charge in [-0.3, -0.25) is 14.5 Å². The van der Waals surface area contributed by atoms with Gasteiger partial charge in [0.1, 0.15) is 5.56 Å². The van der Waals surface area contributed by atoms with Crippen LogP contribution in [0.2, 0.25) is 0 Å². The van der Waals surface area contributed by atoms with E-state index in [0.717, 1.165) is 39.1 Å². The van der Waals surface area contributed by atoms with Crippen molar-refractivity contribution in [2.24, 2.45) is 0 Å². The molecule has 2 aromatic carbocycles. The average Bonchev–Trinajstić information content (AvgIpc) is 2.79. The minimum Gasteiger partial charge on any atom is -0.369 e. The topological polar surface area (TPSA) is 68.4 Å². The number of piperazine rings is 1. The fraction of sp³-hybridized carbons (Fsp3) is 0.250. The van der Waals surface area contributed by atoms with Crippen LogP contribution in [0.4, 0.5) is 11.4 Å². The first-order valence-electron chi connectivity index (χ1n) is 10.3. The van der Waals surface area contributed by atoms with Crippen molar-refractivity contribution in [3.63, 3.8) is 0 Å². The molecule has 1 fully saturated rings. The minimum atomic E-state index is -0.397. The molecule has 1 aromatic heterocycles. The van der Waals surface area contributed by atoms with Crippen LogP contribution in [0.3, 0.4) is 0 Å². The summed E-state index contributed by atoms with van der Waals surface area (Å²) in [4.78, 5) is 31.6. The van der Waals surface area contributed by atoms with Gasteiger partial charge in [-0.1, -0.05) is 30.3 Å². The lowest BCUT2D eigenvalue weighted by Gasteiger charge is -2.36. The molecule has 2 heterocycles. The lowest BCUT2D eigenvalue weighted by Crippen LogP contribution is -2.46. The van der Waals surface area contributed by atoms with Gasteiger partial charge < -0.3 is 15.2 Å². The number of pyridine rings is 1. The van der Waals surface area contributed by atoms with Gasteiger partial charge in [0, 0.05) is 50.3 Å². The summed E-state index contributed by atoms with van der Waals surface area (Å²) in [6, 6.07) is 21.6. The molecule has 154 valence electrons. The van der Waals surface area contributed by atoms with E-state index in [2.05, 4.69) is 50.4 Å². The van der Waals surface area contributed by atoms with Gasteiger partial charge in [-0.25, -0.2) is 0 Å². The van der Waals surface area contributed by atoms with E-state index in [1.807, 2.05) is 24.3 Å². The van der Waals surface area contributed by atoms with Crippen LogP contribution in [0.5, 0.6) is 0 Å². The Hall–Kier alpha value is -3.38. The van der Waals surface area contributed by atoms with Crippen molar-refractivity contribution < 1.29 is 4.79 Å². The molecular weight excluding hydrogens is 376 g/mol. The molecule has 0 spiro atoms. The molecule has 0 radical (unpaired) electrons.